The lowest BCUT2D eigenvalue weighted by atomic mass is 10.3. The SMILES string of the molecule is CCc1cc2c(OCCc3scnc3C)nc(Cl)nc2s1. The van der Waals surface area contributed by atoms with E-state index in [2.05, 4.69) is 27.9 Å². The number of ether oxygens (including phenoxy) is 1. The molecule has 21 heavy (non-hydrogen) atoms. The van der Waals surface area contributed by atoms with Gasteiger partial charge in [0, 0.05) is 16.2 Å². The lowest BCUT2D eigenvalue weighted by Crippen LogP contribution is -2.03. The van der Waals surface area contributed by atoms with E-state index < -0.39 is 0 Å². The van der Waals surface area contributed by atoms with E-state index in [4.69, 9.17) is 16.3 Å². The van der Waals surface area contributed by atoms with Gasteiger partial charge in [-0.2, -0.15) is 4.98 Å². The zero-order chi connectivity index (χ0) is 14.8. The number of rotatable bonds is 5. The molecule has 4 nitrogen and oxygen atoms in total. The Morgan fingerprint density at radius 1 is 1.33 bits per heavy atom. The van der Waals surface area contributed by atoms with Gasteiger partial charge in [0.2, 0.25) is 11.2 Å². The summed E-state index contributed by atoms with van der Waals surface area (Å²) in [5, 5.41) is 1.18. The van der Waals surface area contributed by atoms with Crippen molar-refractivity contribution in [1.82, 2.24) is 15.0 Å². The van der Waals surface area contributed by atoms with Crippen LogP contribution in [0.5, 0.6) is 5.88 Å². The van der Waals surface area contributed by atoms with Gasteiger partial charge in [0.05, 0.1) is 23.2 Å². The highest BCUT2D eigenvalue weighted by molar-refractivity contribution is 7.18. The molecule has 0 saturated carbocycles. The van der Waals surface area contributed by atoms with Crippen LogP contribution in [0.25, 0.3) is 10.2 Å². The van der Waals surface area contributed by atoms with Gasteiger partial charge in [0.1, 0.15) is 4.83 Å². The maximum Gasteiger partial charge on any atom is 0.227 e. The number of hydrogen-bond acceptors (Lipinski definition) is 6. The van der Waals surface area contributed by atoms with Crippen LogP contribution in [-0.4, -0.2) is 21.6 Å². The van der Waals surface area contributed by atoms with Gasteiger partial charge >= 0.3 is 0 Å². The number of nitrogens with zero attached hydrogens (tertiary/aromatic N) is 3. The molecule has 0 amide bonds. The quantitative estimate of drug-likeness (QED) is 0.650. The van der Waals surface area contributed by atoms with Gasteiger partial charge in [-0.25, -0.2) is 9.97 Å². The molecule has 0 radical (unpaired) electrons. The van der Waals surface area contributed by atoms with Crippen LogP contribution in [0.3, 0.4) is 0 Å². The van der Waals surface area contributed by atoms with Crippen molar-refractivity contribution in [2.24, 2.45) is 0 Å². The van der Waals surface area contributed by atoms with Crippen molar-refractivity contribution in [3.05, 3.63) is 32.3 Å². The number of hydrogen-bond donors (Lipinski definition) is 0. The Hall–Kier alpha value is -1.24. The summed E-state index contributed by atoms with van der Waals surface area (Å²) in [7, 11) is 0. The highest BCUT2D eigenvalue weighted by atomic mass is 35.5. The summed E-state index contributed by atoms with van der Waals surface area (Å²) in [6.07, 6.45) is 1.79. The van der Waals surface area contributed by atoms with E-state index in [0.29, 0.717) is 12.5 Å². The number of halogens is 1. The molecule has 0 atom stereocenters. The molecule has 0 spiro atoms. The van der Waals surface area contributed by atoms with Crippen LogP contribution in [0.1, 0.15) is 22.4 Å². The molecular formula is C14H14ClN3OS2. The number of aromatic nitrogens is 3. The first-order valence-corrected chi connectivity index (χ1v) is 8.72. The lowest BCUT2D eigenvalue weighted by Gasteiger charge is -2.06. The first kappa shape index (κ1) is 14.7. The molecule has 0 N–H and O–H groups in total. The predicted octanol–water partition coefficient (Wildman–Crippen LogP) is 4.29. The van der Waals surface area contributed by atoms with Crippen molar-refractivity contribution >= 4 is 44.5 Å². The van der Waals surface area contributed by atoms with E-state index in [1.807, 2.05) is 12.4 Å². The van der Waals surface area contributed by atoms with E-state index >= 15 is 0 Å². The Morgan fingerprint density at radius 3 is 2.90 bits per heavy atom. The molecular weight excluding hydrogens is 326 g/mol. The molecule has 7 heteroatoms. The molecule has 0 aliphatic carbocycles. The fourth-order valence-electron chi connectivity index (χ4n) is 2.01. The second-order valence-electron chi connectivity index (χ2n) is 4.54. The molecule has 0 fully saturated rings. The Balaban J connectivity index is 1.79. The Kier molecular flexibility index (Phi) is 4.37. The molecule has 3 aromatic heterocycles. The third-order valence-electron chi connectivity index (χ3n) is 3.14. The molecule has 0 aromatic carbocycles. The molecule has 3 aromatic rings. The van der Waals surface area contributed by atoms with Gasteiger partial charge in [-0.15, -0.1) is 22.7 Å². The first-order chi connectivity index (χ1) is 10.2. The standard InChI is InChI=1S/C14H14ClN3OS2/c1-3-9-6-10-12(17-14(15)18-13(10)21-9)19-5-4-11-8(2)16-7-20-11/h6-7H,3-5H2,1-2H3. The van der Waals surface area contributed by atoms with E-state index in [1.54, 1.807) is 22.7 Å². The summed E-state index contributed by atoms with van der Waals surface area (Å²) in [5.41, 5.74) is 2.93. The minimum atomic E-state index is 0.232. The molecule has 3 heterocycles. The van der Waals surface area contributed by atoms with Crippen LogP contribution in [0.15, 0.2) is 11.6 Å². The first-order valence-electron chi connectivity index (χ1n) is 6.65. The highest BCUT2D eigenvalue weighted by Crippen LogP contribution is 2.31. The molecule has 0 aliphatic rings. The second kappa shape index (κ2) is 6.25. The summed E-state index contributed by atoms with van der Waals surface area (Å²) in [6.45, 7) is 4.69. The third kappa shape index (κ3) is 3.17. The fourth-order valence-corrected chi connectivity index (χ4v) is 3.94. The van der Waals surface area contributed by atoms with Crippen LogP contribution in [0.4, 0.5) is 0 Å². The molecule has 0 aliphatic heterocycles. The number of thiophene rings is 1. The molecule has 0 unspecified atom stereocenters. The van der Waals surface area contributed by atoms with Gasteiger partial charge in [-0.05, 0) is 31.0 Å². The van der Waals surface area contributed by atoms with Gasteiger partial charge < -0.3 is 4.74 Å². The largest absolute Gasteiger partial charge is 0.477 e. The fraction of sp³-hybridized carbons (Fsp3) is 0.357. The van der Waals surface area contributed by atoms with Gasteiger partial charge in [0.25, 0.3) is 0 Å². The average Bonchev–Trinajstić information content (AvgIpc) is 3.05. The zero-order valence-electron chi connectivity index (χ0n) is 11.7. The van der Waals surface area contributed by atoms with Crippen LogP contribution in [-0.2, 0) is 12.8 Å². The molecule has 3 rings (SSSR count). The van der Waals surface area contributed by atoms with E-state index in [-0.39, 0.29) is 5.28 Å². The van der Waals surface area contributed by atoms with Crippen LogP contribution in [0, 0.1) is 6.92 Å². The zero-order valence-corrected chi connectivity index (χ0v) is 14.1. The van der Waals surface area contributed by atoms with E-state index in [9.17, 15) is 0 Å². The van der Waals surface area contributed by atoms with Gasteiger partial charge in [-0.1, -0.05) is 6.92 Å². The van der Waals surface area contributed by atoms with Crippen molar-refractivity contribution in [2.75, 3.05) is 6.61 Å². The Morgan fingerprint density at radius 2 is 2.19 bits per heavy atom. The predicted molar refractivity (Wildman–Crippen MR) is 87.9 cm³/mol. The summed E-state index contributed by atoms with van der Waals surface area (Å²) < 4.78 is 5.84. The van der Waals surface area contributed by atoms with Crippen molar-refractivity contribution < 1.29 is 4.74 Å². The lowest BCUT2D eigenvalue weighted by molar-refractivity contribution is 0.314. The van der Waals surface area contributed by atoms with Crippen LogP contribution in [0.2, 0.25) is 5.28 Å². The van der Waals surface area contributed by atoms with Crippen molar-refractivity contribution in [3.63, 3.8) is 0 Å². The average molecular weight is 340 g/mol. The highest BCUT2D eigenvalue weighted by Gasteiger charge is 2.12. The molecule has 110 valence electrons. The Labute approximate surface area is 135 Å². The minimum Gasteiger partial charge on any atom is -0.477 e. The van der Waals surface area contributed by atoms with Crippen molar-refractivity contribution in [2.45, 2.75) is 26.7 Å². The molecule has 0 saturated heterocycles. The maximum atomic E-state index is 5.98. The van der Waals surface area contributed by atoms with Crippen molar-refractivity contribution in [1.29, 1.82) is 0 Å². The van der Waals surface area contributed by atoms with E-state index in [1.165, 1.54) is 9.75 Å². The normalized spacial score (nSPS) is 11.2. The van der Waals surface area contributed by atoms with Crippen LogP contribution >= 0.6 is 34.3 Å². The summed E-state index contributed by atoms with van der Waals surface area (Å²) in [4.78, 5) is 16.1. The topological polar surface area (TPSA) is 47.9 Å². The van der Waals surface area contributed by atoms with E-state index in [0.717, 1.165) is 28.8 Å². The number of aryl methyl sites for hydroxylation is 2. The summed E-state index contributed by atoms with van der Waals surface area (Å²) >= 11 is 9.26. The smallest absolute Gasteiger partial charge is 0.227 e. The van der Waals surface area contributed by atoms with Gasteiger partial charge in [-0.3, -0.25) is 0 Å². The third-order valence-corrected chi connectivity index (χ3v) is 5.48. The van der Waals surface area contributed by atoms with Crippen molar-refractivity contribution in [3.8, 4) is 5.88 Å². The second-order valence-corrected chi connectivity index (χ2v) is 6.93. The Bertz CT molecular complexity index is 769. The number of fused-ring (bicyclic) bond motifs is 1. The van der Waals surface area contributed by atoms with Crippen LogP contribution < -0.4 is 4.74 Å². The summed E-state index contributed by atoms with van der Waals surface area (Å²) in [6, 6.07) is 2.09. The summed E-state index contributed by atoms with van der Waals surface area (Å²) in [5.74, 6) is 0.572. The van der Waals surface area contributed by atoms with Gasteiger partial charge in [0.15, 0.2) is 0 Å². The monoisotopic (exact) mass is 339 g/mol. The molecule has 0 bridgehead atoms. The minimum absolute atomic E-state index is 0.232. The maximum absolute atomic E-state index is 5.98. The number of thiazole rings is 1.